The Hall–Kier alpha value is -0.750. The fraction of sp³-hybridized carbons (Fsp3) is 0.308. The van der Waals surface area contributed by atoms with Gasteiger partial charge in [0.05, 0.1) is 26.3 Å². The molecule has 0 aliphatic carbocycles. The number of primary amides is 1. The van der Waals surface area contributed by atoms with Crippen molar-refractivity contribution in [2.45, 2.75) is 12.1 Å². The van der Waals surface area contributed by atoms with Gasteiger partial charge in [0.1, 0.15) is 0 Å². The Balaban J connectivity index is 2.52. The highest BCUT2D eigenvalue weighted by molar-refractivity contribution is 9.10. The predicted octanol–water partition coefficient (Wildman–Crippen LogP) is 2.53. The zero-order valence-corrected chi connectivity index (χ0v) is 17.2. The van der Waals surface area contributed by atoms with Crippen LogP contribution in [-0.4, -0.2) is 32.2 Å². The van der Waals surface area contributed by atoms with Crippen molar-refractivity contribution in [3.8, 4) is 0 Å². The number of hydrogen-bond donors (Lipinski definition) is 5. The highest BCUT2D eigenvalue weighted by Gasteiger charge is 2.44. The van der Waals surface area contributed by atoms with Gasteiger partial charge in [0, 0.05) is 27.7 Å². The van der Waals surface area contributed by atoms with Crippen LogP contribution < -0.4 is 16.2 Å². The molecule has 2 rings (SSSR count). The number of benzene rings is 1. The number of nitrogens with two attached hydrogens (primary N) is 2. The summed E-state index contributed by atoms with van der Waals surface area (Å²) >= 11 is 3.73. The van der Waals surface area contributed by atoms with E-state index in [0.717, 1.165) is 0 Å². The molecule has 7 nitrogen and oxygen atoms in total. The molecule has 0 saturated carbocycles. The number of thiophene rings is 1. The number of fused-ring (bicyclic) bond motifs is 1. The monoisotopic (exact) mass is 489 g/mol. The summed E-state index contributed by atoms with van der Waals surface area (Å²) < 4.78 is 39.5. The molecule has 0 radical (unpaired) electrons. The van der Waals surface area contributed by atoms with Gasteiger partial charge >= 0.3 is 5.66 Å². The highest BCUT2D eigenvalue weighted by atomic mass is 79.9. The Morgan fingerprint density at radius 3 is 2.62 bits per heavy atom. The summed E-state index contributed by atoms with van der Waals surface area (Å²) in [4.78, 5) is 29.1. The largest absolute Gasteiger partial charge is 0.384 e. The summed E-state index contributed by atoms with van der Waals surface area (Å²) in [6.07, 6.45) is 0.458. The van der Waals surface area contributed by atoms with Gasteiger partial charge in [-0.1, -0.05) is 0 Å². The van der Waals surface area contributed by atoms with Gasteiger partial charge in [0.25, 0.3) is 0 Å². The molecule has 1 unspecified atom stereocenters. The first-order chi connectivity index (χ1) is 12.1. The number of alkyl halides is 2. The van der Waals surface area contributed by atoms with E-state index in [1.54, 1.807) is 0 Å². The number of carbonyl (C=O) groups excluding carboxylic acids is 1. The van der Waals surface area contributed by atoms with Crippen molar-refractivity contribution in [1.29, 1.82) is 0 Å². The van der Waals surface area contributed by atoms with Gasteiger partial charge in [-0.05, 0) is 34.5 Å². The maximum absolute atomic E-state index is 14.1. The average molecular weight is 490 g/mol. The van der Waals surface area contributed by atoms with Crippen molar-refractivity contribution in [2.24, 2.45) is 10.9 Å². The highest BCUT2D eigenvalue weighted by Crippen LogP contribution is 2.58. The summed E-state index contributed by atoms with van der Waals surface area (Å²) in [5.74, 6) is -0.487. The lowest BCUT2D eigenvalue weighted by atomic mass is 10.1. The molecule has 1 aromatic heterocycles. The van der Waals surface area contributed by atoms with E-state index in [1.807, 2.05) is 0 Å². The van der Waals surface area contributed by atoms with E-state index in [4.69, 9.17) is 20.7 Å². The van der Waals surface area contributed by atoms with E-state index in [1.165, 1.54) is 12.1 Å². The van der Waals surface area contributed by atoms with Crippen LogP contribution in [0.5, 0.6) is 0 Å². The summed E-state index contributed by atoms with van der Waals surface area (Å²) in [5.41, 5.74) is 1.95. The normalized spacial score (nSPS) is 13.3. The summed E-state index contributed by atoms with van der Waals surface area (Å²) in [6.45, 7) is 0.341. The summed E-state index contributed by atoms with van der Waals surface area (Å²) in [5, 5.41) is 8.46. The van der Waals surface area contributed by atoms with Gasteiger partial charge in [-0.15, -0.1) is 11.3 Å². The fourth-order valence-electron chi connectivity index (χ4n) is 2.17. The van der Waals surface area contributed by atoms with Gasteiger partial charge in [-0.3, -0.25) is 9.93 Å². The number of hydrogen-bond acceptors (Lipinski definition) is 6. The molecule has 13 heteroatoms. The zero-order chi connectivity index (χ0) is 19.6. The van der Waals surface area contributed by atoms with E-state index >= 15 is 0 Å². The second kappa shape index (κ2) is 8.51. The van der Waals surface area contributed by atoms with Gasteiger partial charge in [0.2, 0.25) is 14.3 Å². The number of amides is 1. The third-order valence-corrected chi connectivity index (χ3v) is 7.34. The average Bonchev–Trinajstić information content (AvgIpc) is 2.89. The van der Waals surface area contributed by atoms with E-state index < -0.39 is 35.8 Å². The Morgan fingerprint density at radius 1 is 1.42 bits per heavy atom. The minimum absolute atomic E-state index is 0.0349. The van der Waals surface area contributed by atoms with Crippen molar-refractivity contribution < 1.29 is 27.6 Å². The molecule has 2 aromatic rings. The molecule has 26 heavy (non-hydrogen) atoms. The second-order valence-corrected chi connectivity index (χ2v) is 9.33. The SMILES string of the molecule is NC(=O)c1cc(NCCCS(N)=O)c2sc(C(F)(F)P(O)O)c(Br)c2c1. The van der Waals surface area contributed by atoms with Crippen LogP contribution in [0, 0.1) is 0 Å². The van der Waals surface area contributed by atoms with Crippen molar-refractivity contribution in [2.75, 3.05) is 17.6 Å². The van der Waals surface area contributed by atoms with Crippen molar-refractivity contribution in [3.05, 3.63) is 27.0 Å². The predicted molar refractivity (Wildman–Crippen MR) is 104 cm³/mol. The maximum Gasteiger partial charge on any atom is 0.349 e. The number of halogens is 3. The van der Waals surface area contributed by atoms with E-state index in [2.05, 4.69) is 21.2 Å². The first-order valence-corrected chi connectivity index (χ1v) is 11.3. The first-order valence-electron chi connectivity index (χ1n) is 7.04. The fourth-order valence-corrected chi connectivity index (χ4v) is 5.40. The number of nitrogens with one attached hydrogen (secondary N) is 1. The smallest absolute Gasteiger partial charge is 0.349 e. The third-order valence-electron chi connectivity index (χ3n) is 3.38. The van der Waals surface area contributed by atoms with Crippen molar-refractivity contribution in [3.63, 3.8) is 0 Å². The molecule has 7 N–H and O–H groups in total. The lowest BCUT2D eigenvalue weighted by Gasteiger charge is -2.15. The Kier molecular flexibility index (Phi) is 7.05. The van der Waals surface area contributed by atoms with Crippen LogP contribution in [0.1, 0.15) is 21.7 Å². The van der Waals surface area contributed by atoms with E-state index in [-0.39, 0.29) is 15.8 Å². The molecule has 1 aromatic carbocycles. The minimum atomic E-state index is -3.83. The Morgan fingerprint density at radius 2 is 2.08 bits per heavy atom. The number of carbonyl (C=O) groups is 1. The quantitative estimate of drug-likeness (QED) is 0.286. The van der Waals surface area contributed by atoms with Gasteiger partial charge < -0.3 is 20.8 Å². The van der Waals surface area contributed by atoms with Crippen molar-refractivity contribution >= 4 is 68.3 Å². The number of rotatable bonds is 8. The second-order valence-electron chi connectivity index (χ2n) is 5.21. The van der Waals surface area contributed by atoms with Crippen LogP contribution in [0.4, 0.5) is 14.5 Å². The topological polar surface area (TPSA) is 139 Å². The Bertz CT molecular complexity index is 866. The molecule has 1 atom stereocenters. The molecule has 0 aliphatic rings. The molecule has 0 spiro atoms. The molecular formula is C13H15BrF2N3O4PS2. The van der Waals surface area contributed by atoms with E-state index in [0.29, 0.717) is 40.1 Å². The lowest BCUT2D eigenvalue weighted by molar-refractivity contribution is 0.0766. The number of anilines is 1. The third kappa shape index (κ3) is 4.56. The molecule has 0 bridgehead atoms. The van der Waals surface area contributed by atoms with Crippen molar-refractivity contribution in [1.82, 2.24) is 0 Å². The van der Waals surface area contributed by atoms with E-state index in [9.17, 15) is 17.8 Å². The Labute approximate surface area is 163 Å². The zero-order valence-electron chi connectivity index (χ0n) is 13.0. The molecule has 144 valence electrons. The molecule has 1 amide bonds. The first kappa shape index (κ1) is 21.5. The van der Waals surface area contributed by atoms with Crippen LogP contribution in [-0.2, 0) is 16.6 Å². The minimum Gasteiger partial charge on any atom is -0.384 e. The van der Waals surface area contributed by atoms with Crippen LogP contribution in [0.3, 0.4) is 0 Å². The molecular weight excluding hydrogens is 475 g/mol. The van der Waals surface area contributed by atoms with Crippen LogP contribution in [0.2, 0.25) is 0 Å². The van der Waals surface area contributed by atoms with Gasteiger partial charge in [0.15, 0.2) is 0 Å². The van der Waals surface area contributed by atoms with Crippen LogP contribution >= 0.6 is 35.6 Å². The van der Waals surface area contributed by atoms with Crippen LogP contribution in [0.15, 0.2) is 16.6 Å². The lowest BCUT2D eigenvalue weighted by Crippen LogP contribution is -2.13. The van der Waals surface area contributed by atoms with Gasteiger partial charge in [-0.25, -0.2) is 4.21 Å². The standard InChI is InChI=1S/C13H15BrF2N3O4PS2/c14-9-7-4-6(12(17)20)5-8(19-2-1-3-26(18)23)10(7)25-11(9)13(15,16)24(21)22/h4-5,19,21-22H,1-3,18H2,(H2,17,20). The molecule has 0 saturated heterocycles. The van der Waals surface area contributed by atoms with Crippen LogP contribution in [0.25, 0.3) is 10.1 Å². The van der Waals surface area contributed by atoms with Gasteiger partial charge in [-0.2, -0.15) is 8.78 Å². The maximum atomic E-state index is 14.1. The molecule has 0 aliphatic heterocycles. The summed E-state index contributed by atoms with van der Waals surface area (Å²) in [6, 6.07) is 2.78. The molecule has 0 fully saturated rings. The summed E-state index contributed by atoms with van der Waals surface area (Å²) in [7, 11) is -4.99. The molecule has 1 heterocycles.